The Morgan fingerprint density at radius 2 is 2.15 bits per heavy atom. The second-order valence-corrected chi connectivity index (χ2v) is 7.25. The van der Waals surface area contributed by atoms with Crippen LogP contribution in [-0.4, -0.2) is 33.8 Å². The van der Waals surface area contributed by atoms with E-state index in [1.54, 1.807) is 13.0 Å². The standard InChI is InChI=1S/C19H26FN5O/c1-12(2)10-16(18-24-23-17-6-7-21-8-9-25(17)18)22-19(26)14-4-5-15(20)13(3)11-14/h4-5,11-12,16,21H,6-10H2,1-3H3,(H,22,26)/t16-/m1/s1. The summed E-state index contributed by atoms with van der Waals surface area (Å²) >= 11 is 0. The topological polar surface area (TPSA) is 71.8 Å². The molecule has 2 N–H and O–H groups in total. The number of nitrogens with one attached hydrogen (secondary N) is 2. The van der Waals surface area contributed by atoms with Crippen molar-refractivity contribution in [3.8, 4) is 0 Å². The van der Waals surface area contributed by atoms with Crippen LogP contribution in [-0.2, 0) is 13.0 Å². The average Bonchev–Trinajstić information content (AvgIpc) is 2.84. The van der Waals surface area contributed by atoms with Gasteiger partial charge in [-0.3, -0.25) is 4.79 Å². The molecule has 3 rings (SSSR count). The number of carbonyl (C=O) groups excluding carboxylic acids is 1. The summed E-state index contributed by atoms with van der Waals surface area (Å²) in [5.74, 6) is 1.60. The summed E-state index contributed by atoms with van der Waals surface area (Å²) < 4.78 is 15.6. The molecule has 140 valence electrons. The molecule has 1 aromatic heterocycles. The molecule has 26 heavy (non-hydrogen) atoms. The van der Waals surface area contributed by atoms with E-state index in [2.05, 4.69) is 39.2 Å². The lowest BCUT2D eigenvalue weighted by Crippen LogP contribution is -2.32. The molecule has 1 aliphatic rings. The summed E-state index contributed by atoms with van der Waals surface area (Å²) in [6.07, 6.45) is 1.59. The zero-order chi connectivity index (χ0) is 18.7. The number of amides is 1. The zero-order valence-electron chi connectivity index (χ0n) is 15.6. The first-order valence-electron chi connectivity index (χ1n) is 9.15. The Morgan fingerprint density at radius 3 is 2.88 bits per heavy atom. The van der Waals surface area contributed by atoms with Gasteiger partial charge in [0.05, 0.1) is 6.04 Å². The highest BCUT2D eigenvalue weighted by Crippen LogP contribution is 2.22. The summed E-state index contributed by atoms with van der Waals surface area (Å²) in [5.41, 5.74) is 0.912. The lowest BCUT2D eigenvalue weighted by molar-refractivity contribution is 0.0928. The molecule has 0 spiro atoms. The molecule has 7 heteroatoms. The van der Waals surface area contributed by atoms with Crippen LogP contribution in [0.1, 0.15) is 53.9 Å². The van der Waals surface area contributed by atoms with Crippen molar-refractivity contribution in [2.45, 2.75) is 46.2 Å². The summed E-state index contributed by atoms with van der Waals surface area (Å²) in [4.78, 5) is 12.7. The van der Waals surface area contributed by atoms with Gasteiger partial charge in [0, 0.05) is 31.6 Å². The number of benzene rings is 1. The molecule has 1 aliphatic heterocycles. The number of nitrogens with zero attached hydrogens (tertiary/aromatic N) is 3. The number of halogens is 1. The lowest BCUT2D eigenvalue weighted by Gasteiger charge is -2.21. The first kappa shape index (κ1) is 18.5. The van der Waals surface area contributed by atoms with Crippen molar-refractivity contribution in [3.63, 3.8) is 0 Å². The number of fused-ring (bicyclic) bond motifs is 1. The Kier molecular flexibility index (Phi) is 5.66. The third-order valence-corrected chi connectivity index (χ3v) is 4.64. The summed E-state index contributed by atoms with van der Waals surface area (Å²) in [5, 5.41) is 15.1. The first-order valence-corrected chi connectivity index (χ1v) is 9.15. The van der Waals surface area contributed by atoms with Gasteiger partial charge in [-0.15, -0.1) is 10.2 Å². The molecule has 0 aliphatic carbocycles. The predicted octanol–water partition coefficient (Wildman–Crippen LogP) is 2.39. The van der Waals surface area contributed by atoms with Gasteiger partial charge in [0.25, 0.3) is 5.91 Å². The van der Waals surface area contributed by atoms with Crippen LogP contribution in [0.4, 0.5) is 4.39 Å². The molecule has 0 fully saturated rings. The molecule has 6 nitrogen and oxygen atoms in total. The van der Waals surface area contributed by atoms with Gasteiger partial charge in [-0.1, -0.05) is 13.8 Å². The van der Waals surface area contributed by atoms with Crippen LogP contribution in [0.3, 0.4) is 0 Å². The van der Waals surface area contributed by atoms with E-state index >= 15 is 0 Å². The van der Waals surface area contributed by atoms with Crippen LogP contribution in [0.15, 0.2) is 18.2 Å². The predicted molar refractivity (Wildman–Crippen MR) is 97.4 cm³/mol. The molecule has 0 radical (unpaired) electrons. The van der Waals surface area contributed by atoms with Crippen molar-refractivity contribution in [1.29, 1.82) is 0 Å². The van der Waals surface area contributed by atoms with E-state index in [0.29, 0.717) is 17.0 Å². The highest BCUT2D eigenvalue weighted by atomic mass is 19.1. The number of carbonyl (C=O) groups is 1. The van der Waals surface area contributed by atoms with Gasteiger partial charge in [-0.05, 0) is 43.0 Å². The third kappa shape index (κ3) is 4.09. The Morgan fingerprint density at radius 1 is 1.35 bits per heavy atom. The average molecular weight is 359 g/mol. The van der Waals surface area contributed by atoms with E-state index in [9.17, 15) is 9.18 Å². The van der Waals surface area contributed by atoms with Crippen molar-refractivity contribution >= 4 is 5.91 Å². The Balaban J connectivity index is 1.85. The summed E-state index contributed by atoms with van der Waals surface area (Å²) in [6.45, 7) is 8.41. The van der Waals surface area contributed by atoms with Crippen LogP contribution in [0, 0.1) is 18.7 Å². The molecule has 1 aromatic carbocycles. The van der Waals surface area contributed by atoms with Crippen molar-refractivity contribution in [1.82, 2.24) is 25.4 Å². The molecule has 0 bridgehead atoms. The highest BCUT2D eigenvalue weighted by Gasteiger charge is 2.25. The van der Waals surface area contributed by atoms with Gasteiger partial charge in [0.1, 0.15) is 11.6 Å². The molecule has 2 heterocycles. The van der Waals surface area contributed by atoms with Crippen molar-refractivity contribution in [3.05, 3.63) is 46.8 Å². The maximum Gasteiger partial charge on any atom is 0.251 e. The molecular formula is C19H26FN5O. The van der Waals surface area contributed by atoms with Crippen LogP contribution in [0.5, 0.6) is 0 Å². The second-order valence-electron chi connectivity index (χ2n) is 7.25. The van der Waals surface area contributed by atoms with Gasteiger partial charge in [0.15, 0.2) is 5.82 Å². The van der Waals surface area contributed by atoms with E-state index < -0.39 is 0 Å². The Hall–Kier alpha value is -2.28. The van der Waals surface area contributed by atoms with Crippen molar-refractivity contribution in [2.24, 2.45) is 5.92 Å². The summed E-state index contributed by atoms with van der Waals surface area (Å²) in [6, 6.07) is 4.19. The minimum absolute atomic E-state index is 0.220. The third-order valence-electron chi connectivity index (χ3n) is 4.64. The molecule has 0 saturated heterocycles. The smallest absolute Gasteiger partial charge is 0.251 e. The van der Waals surface area contributed by atoms with E-state index in [-0.39, 0.29) is 17.8 Å². The molecule has 0 saturated carbocycles. The van der Waals surface area contributed by atoms with Crippen LogP contribution < -0.4 is 10.6 Å². The monoisotopic (exact) mass is 359 g/mol. The maximum atomic E-state index is 13.5. The van der Waals surface area contributed by atoms with E-state index in [4.69, 9.17) is 0 Å². The molecule has 2 aromatic rings. The molecule has 0 unspecified atom stereocenters. The van der Waals surface area contributed by atoms with Crippen molar-refractivity contribution < 1.29 is 9.18 Å². The fourth-order valence-electron chi connectivity index (χ4n) is 3.28. The lowest BCUT2D eigenvalue weighted by atomic mass is 10.0. The largest absolute Gasteiger partial charge is 0.342 e. The van der Waals surface area contributed by atoms with E-state index in [0.717, 1.165) is 44.1 Å². The van der Waals surface area contributed by atoms with Gasteiger partial charge >= 0.3 is 0 Å². The maximum absolute atomic E-state index is 13.5. The highest BCUT2D eigenvalue weighted by molar-refractivity contribution is 5.94. The van der Waals surface area contributed by atoms with E-state index in [1.807, 2.05) is 0 Å². The normalized spacial score (nSPS) is 15.4. The molecular weight excluding hydrogens is 333 g/mol. The summed E-state index contributed by atoms with van der Waals surface area (Å²) in [7, 11) is 0. The fraction of sp³-hybridized carbons (Fsp3) is 0.526. The Labute approximate surface area is 153 Å². The van der Waals surface area contributed by atoms with Crippen LogP contribution >= 0.6 is 0 Å². The minimum Gasteiger partial charge on any atom is -0.342 e. The van der Waals surface area contributed by atoms with Crippen LogP contribution in [0.25, 0.3) is 0 Å². The number of aromatic nitrogens is 3. The first-order chi connectivity index (χ1) is 12.5. The number of hydrogen-bond donors (Lipinski definition) is 2. The fourth-order valence-corrected chi connectivity index (χ4v) is 3.28. The van der Waals surface area contributed by atoms with Gasteiger partial charge in [-0.25, -0.2) is 4.39 Å². The quantitative estimate of drug-likeness (QED) is 0.860. The van der Waals surface area contributed by atoms with Gasteiger partial charge in [0.2, 0.25) is 0 Å². The minimum atomic E-state index is -0.310. The van der Waals surface area contributed by atoms with E-state index in [1.165, 1.54) is 12.1 Å². The van der Waals surface area contributed by atoms with Crippen molar-refractivity contribution in [2.75, 3.05) is 13.1 Å². The molecule has 1 atom stereocenters. The second kappa shape index (κ2) is 7.95. The Bertz CT molecular complexity index is 786. The SMILES string of the molecule is Cc1cc(C(=O)N[C@H](CC(C)C)c2nnc3n2CCNCC3)ccc1F. The number of rotatable bonds is 5. The number of hydrogen-bond acceptors (Lipinski definition) is 4. The van der Waals surface area contributed by atoms with Gasteiger partial charge in [-0.2, -0.15) is 0 Å². The van der Waals surface area contributed by atoms with Crippen LogP contribution in [0.2, 0.25) is 0 Å². The van der Waals surface area contributed by atoms with Gasteiger partial charge < -0.3 is 15.2 Å². The molecule has 1 amide bonds. The zero-order valence-corrected chi connectivity index (χ0v) is 15.6. The number of aryl methyl sites for hydroxylation is 1.